The van der Waals surface area contributed by atoms with Crippen molar-refractivity contribution in [3.8, 4) is 0 Å². The maximum atomic E-state index is 12.0. The van der Waals surface area contributed by atoms with Crippen molar-refractivity contribution in [3.05, 3.63) is 70.2 Å². The van der Waals surface area contributed by atoms with E-state index >= 15 is 0 Å². The first-order chi connectivity index (χ1) is 10.1. The van der Waals surface area contributed by atoms with Crippen LogP contribution in [0, 0.1) is 0 Å². The van der Waals surface area contributed by atoms with Gasteiger partial charge in [0, 0.05) is 22.7 Å². The van der Waals surface area contributed by atoms with Gasteiger partial charge in [-0.25, -0.2) is 5.48 Å². The SMILES string of the molecule is O=C(NO)c1ccc(C(=O)NCc2cccc(Cl)c2)cc1. The normalized spacial score (nSPS) is 10.0. The number of benzene rings is 2. The fourth-order valence-corrected chi connectivity index (χ4v) is 1.98. The quantitative estimate of drug-likeness (QED) is 0.599. The summed E-state index contributed by atoms with van der Waals surface area (Å²) in [6, 6.07) is 13.1. The highest BCUT2D eigenvalue weighted by Gasteiger charge is 2.08. The van der Waals surface area contributed by atoms with Gasteiger partial charge in [-0.3, -0.25) is 14.8 Å². The summed E-state index contributed by atoms with van der Waals surface area (Å²) in [5.74, 6) is -0.883. The molecule has 2 aromatic carbocycles. The van der Waals surface area contributed by atoms with Gasteiger partial charge in [-0.1, -0.05) is 23.7 Å². The second-order valence-electron chi connectivity index (χ2n) is 4.33. The lowest BCUT2D eigenvalue weighted by atomic mass is 10.1. The van der Waals surface area contributed by atoms with Gasteiger partial charge in [0.15, 0.2) is 0 Å². The Morgan fingerprint density at radius 2 is 1.62 bits per heavy atom. The summed E-state index contributed by atoms with van der Waals surface area (Å²) in [4.78, 5) is 23.1. The maximum absolute atomic E-state index is 12.0. The maximum Gasteiger partial charge on any atom is 0.274 e. The molecule has 0 bridgehead atoms. The van der Waals surface area contributed by atoms with Gasteiger partial charge < -0.3 is 5.32 Å². The van der Waals surface area contributed by atoms with E-state index in [2.05, 4.69) is 5.32 Å². The Bertz CT molecular complexity index is 656. The van der Waals surface area contributed by atoms with Crippen LogP contribution in [0.5, 0.6) is 0 Å². The average Bonchev–Trinajstić information content (AvgIpc) is 2.52. The van der Waals surface area contributed by atoms with Gasteiger partial charge in [0.25, 0.3) is 11.8 Å². The molecule has 0 heterocycles. The fourth-order valence-electron chi connectivity index (χ4n) is 1.77. The highest BCUT2D eigenvalue weighted by atomic mass is 35.5. The Morgan fingerprint density at radius 1 is 1.00 bits per heavy atom. The molecule has 0 saturated carbocycles. The molecule has 0 radical (unpaired) electrons. The van der Waals surface area contributed by atoms with Gasteiger partial charge in [0.1, 0.15) is 0 Å². The Kier molecular flexibility index (Phi) is 4.92. The minimum atomic E-state index is -0.624. The fraction of sp³-hybridized carbons (Fsp3) is 0.0667. The predicted molar refractivity (Wildman–Crippen MR) is 78.3 cm³/mol. The first-order valence-electron chi connectivity index (χ1n) is 6.17. The molecule has 0 aliphatic heterocycles. The number of hydroxylamine groups is 1. The molecule has 0 aromatic heterocycles. The van der Waals surface area contributed by atoms with E-state index in [1.165, 1.54) is 29.7 Å². The van der Waals surface area contributed by atoms with Gasteiger partial charge in [-0.05, 0) is 42.0 Å². The molecule has 5 nitrogen and oxygen atoms in total. The van der Waals surface area contributed by atoms with E-state index in [0.29, 0.717) is 17.1 Å². The Morgan fingerprint density at radius 3 is 2.19 bits per heavy atom. The van der Waals surface area contributed by atoms with Crippen LogP contribution in [0.2, 0.25) is 5.02 Å². The number of halogens is 1. The van der Waals surface area contributed by atoms with Crippen LogP contribution >= 0.6 is 11.6 Å². The lowest BCUT2D eigenvalue weighted by Crippen LogP contribution is -2.23. The minimum Gasteiger partial charge on any atom is -0.348 e. The van der Waals surface area contributed by atoms with Crippen molar-refractivity contribution in [3.63, 3.8) is 0 Å². The molecule has 3 N–H and O–H groups in total. The number of carbonyl (C=O) groups excluding carboxylic acids is 2. The van der Waals surface area contributed by atoms with Crippen LogP contribution in [0.3, 0.4) is 0 Å². The lowest BCUT2D eigenvalue weighted by Gasteiger charge is -2.06. The summed E-state index contributed by atoms with van der Waals surface area (Å²) in [6.45, 7) is 0.359. The third kappa shape index (κ3) is 4.05. The third-order valence-corrected chi connectivity index (χ3v) is 3.09. The molecule has 6 heteroatoms. The van der Waals surface area contributed by atoms with Crippen LogP contribution in [0.1, 0.15) is 26.3 Å². The van der Waals surface area contributed by atoms with Crippen molar-refractivity contribution in [2.45, 2.75) is 6.54 Å². The number of nitrogens with one attached hydrogen (secondary N) is 2. The number of hydrogen-bond acceptors (Lipinski definition) is 3. The summed E-state index contributed by atoms with van der Waals surface area (Å²) < 4.78 is 0. The van der Waals surface area contributed by atoms with Crippen LogP contribution in [0.25, 0.3) is 0 Å². The molecule has 2 aromatic rings. The molecule has 0 fully saturated rings. The summed E-state index contributed by atoms with van der Waals surface area (Å²) in [7, 11) is 0. The summed E-state index contributed by atoms with van der Waals surface area (Å²) in [5, 5.41) is 11.9. The smallest absolute Gasteiger partial charge is 0.274 e. The monoisotopic (exact) mass is 304 g/mol. The van der Waals surface area contributed by atoms with Gasteiger partial charge in [-0.2, -0.15) is 0 Å². The standard InChI is InChI=1S/C15H13ClN2O3/c16-13-3-1-2-10(8-13)9-17-14(19)11-4-6-12(7-5-11)15(20)18-21/h1-8,21H,9H2,(H,17,19)(H,18,20). The molecule has 0 unspecified atom stereocenters. The van der Waals surface area contributed by atoms with Crippen molar-refractivity contribution in [2.24, 2.45) is 0 Å². The Labute approximate surface area is 126 Å². The highest BCUT2D eigenvalue weighted by Crippen LogP contribution is 2.11. The zero-order valence-electron chi connectivity index (χ0n) is 11.0. The number of hydrogen-bond donors (Lipinski definition) is 3. The van der Waals surface area contributed by atoms with Crippen LogP contribution in [0.15, 0.2) is 48.5 Å². The highest BCUT2D eigenvalue weighted by molar-refractivity contribution is 6.30. The zero-order chi connectivity index (χ0) is 15.2. The molecule has 0 aliphatic carbocycles. The third-order valence-electron chi connectivity index (χ3n) is 2.85. The molecule has 0 spiro atoms. The molecule has 0 atom stereocenters. The van der Waals surface area contributed by atoms with Crippen molar-refractivity contribution < 1.29 is 14.8 Å². The predicted octanol–water partition coefficient (Wildman–Crippen LogP) is 2.39. The molecule has 108 valence electrons. The van der Waals surface area contributed by atoms with E-state index in [9.17, 15) is 9.59 Å². The molecule has 0 saturated heterocycles. The van der Waals surface area contributed by atoms with Crippen LogP contribution < -0.4 is 10.8 Å². The Hall–Kier alpha value is -2.37. The molecule has 0 aliphatic rings. The van der Waals surface area contributed by atoms with Crippen LogP contribution in [-0.2, 0) is 6.54 Å². The lowest BCUT2D eigenvalue weighted by molar-refractivity contribution is 0.0706. The minimum absolute atomic E-state index is 0.258. The molecule has 2 amide bonds. The average molecular weight is 305 g/mol. The second-order valence-corrected chi connectivity index (χ2v) is 4.77. The van der Waals surface area contributed by atoms with E-state index in [4.69, 9.17) is 16.8 Å². The van der Waals surface area contributed by atoms with E-state index < -0.39 is 5.91 Å². The van der Waals surface area contributed by atoms with Gasteiger partial charge in [-0.15, -0.1) is 0 Å². The van der Waals surface area contributed by atoms with Crippen molar-refractivity contribution in [1.29, 1.82) is 0 Å². The van der Waals surface area contributed by atoms with E-state index in [0.717, 1.165) is 5.56 Å². The van der Waals surface area contributed by atoms with E-state index in [1.807, 2.05) is 12.1 Å². The van der Waals surface area contributed by atoms with Crippen molar-refractivity contribution in [2.75, 3.05) is 0 Å². The number of rotatable bonds is 4. The van der Waals surface area contributed by atoms with E-state index in [1.54, 1.807) is 12.1 Å². The molecular formula is C15H13ClN2O3. The van der Waals surface area contributed by atoms with Gasteiger partial charge in [0.05, 0.1) is 0 Å². The first kappa shape index (κ1) is 15.0. The van der Waals surface area contributed by atoms with Crippen molar-refractivity contribution in [1.82, 2.24) is 10.8 Å². The second kappa shape index (κ2) is 6.88. The summed E-state index contributed by atoms with van der Waals surface area (Å²) in [5.41, 5.74) is 3.12. The largest absolute Gasteiger partial charge is 0.348 e. The van der Waals surface area contributed by atoms with Gasteiger partial charge in [0.2, 0.25) is 0 Å². The number of amides is 2. The Balaban J connectivity index is 1.99. The van der Waals surface area contributed by atoms with Gasteiger partial charge >= 0.3 is 0 Å². The molecular weight excluding hydrogens is 292 g/mol. The zero-order valence-corrected chi connectivity index (χ0v) is 11.7. The first-order valence-corrected chi connectivity index (χ1v) is 6.55. The summed E-state index contributed by atoms with van der Waals surface area (Å²) >= 11 is 5.87. The molecule has 2 rings (SSSR count). The van der Waals surface area contributed by atoms with Crippen molar-refractivity contribution >= 4 is 23.4 Å². The topological polar surface area (TPSA) is 78.4 Å². The summed E-state index contributed by atoms with van der Waals surface area (Å²) in [6.07, 6.45) is 0. The van der Waals surface area contributed by atoms with Crippen LogP contribution in [0.4, 0.5) is 0 Å². The van der Waals surface area contributed by atoms with Crippen LogP contribution in [-0.4, -0.2) is 17.0 Å². The van der Waals surface area contributed by atoms with E-state index in [-0.39, 0.29) is 11.5 Å². The molecule has 21 heavy (non-hydrogen) atoms. The number of carbonyl (C=O) groups is 2.